The molecule has 1 aromatic carbocycles. The van der Waals surface area contributed by atoms with E-state index in [-0.39, 0.29) is 6.04 Å². The third kappa shape index (κ3) is 3.25. The van der Waals surface area contributed by atoms with Gasteiger partial charge in [-0.05, 0) is 63.1 Å². The first-order valence-electron chi connectivity index (χ1n) is 5.25. The SMILES string of the molecule is O=C(O)N[C@H]1CCN(c2ccc(I)c(Br)c2)C1. The fraction of sp³-hybridized carbons (Fsp3) is 0.364. The Hall–Kier alpha value is -0.500. The Morgan fingerprint density at radius 1 is 1.59 bits per heavy atom. The van der Waals surface area contributed by atoms with Crippen LogP contribution in [-0.4, -0.2) is 30.3 Å². The molecule has 0 aliphatic carbocycles. The van der Waals surface area contributed by atoms with Crippen LogP contribution in [0, 0.1) is 3.57 Å². The van der Waals surface area contributed by atoms with Crippen molar-refractivity contribution in [1.82, 2.24) is 5.32 Å². The third-order valence-electron chi connectivity index (χ3n) is 2.78. The topological polar surface area (TPSA) is 52.6 Å². The summed E-state index contributed by atoms with van der Waals surface area (Å²) in [5.74, 6) is 0. The number of anilines is 1. The number of carbonyl (C=O) groups is 1. The lowest BCUT2D eigenvalue weighted by atomic mass is 10.3. The summed E-state index contributed by atoms with van der Waals surface area (Å²) in [5.41, 5.74) is 1.13. The number of hydrogen-bond donors (Lipinski definition) is 2. The first-order chi connectivity index (χ1) is 8.06. The molecule has 0 bridgehead atoms. The average Bonchev–Trinajstić information content (AvgIpc) is 2.69. The highest BCUT2D eigenvalue weighted by atomic mass is 127. The maximum atomic E-state index is 10.6. The normalized spacial score (nSPS) is 19.4. The van der Waals surface area contributed by atoms with Crippen LogP contribution in [0.3, 0.4) is 0 Å². The maximum Gasteiger partial charge on any atom is 0.404 e. The molecule has 1 fully saturated rings. The summed E-state index contributed by atoms with van der Waals surface area (Å²) < 4.78 is 2.25. The van der Waals surface area contributed by atoms with Gasteiger partial charge < -0.3 is 15.3 Å². The average molecular weight is 411 g/mol. The van der Waals surface area contributed by atoms with Crippen LogP contribution in [0.2, 0.25) is 0 Å². The second kappa shape index (κ2) is 5.43. The molecule has 1 heterocycles. The summed E-state index contributed by atoms with van der Waals surface area (Å²) >= 11 is 5.77. The van der Waals surface area contributed by atoms with Crippen molar-refractivity contribution in [2.24, 2.45) is 0 Å². The Labute approximate surface area is 122 Å². The smallest absolute Gasteiger partial charge is 0.404 e. The summed E-state index contributed by atoms with van der Waals surface area (Å²) in [6, 6.07) is 6.23. The van der Waals surface area contributed by atoms with E-state index in [1.807, 2.05) is 0 Å². The molecular formula is C11H12BrIN2O2. The fourth-order valence-electron chi connectivity index (χ4n) is 1.97. The maximum absolute atomic E-state index is 10.6. The van der Waals surface area contributed by atoms with Crippen molar-refractivity contribution in [2.45, 2.75) is 12.5 Å². The number of nitrogens with one attached hydrogen (secondary N) is 1. The highest BCUT2D eigenvalue weighted by Gasteiger charge is 2.24. The van der Waals surface area contributed by atoms with Gasteiger partial charge in [-0.3, -0.25) is 0 Å². The highest BCUT2D eigenvalue weighted by Crippen LogP contribution is 2.27. The molecule has 0 aromatic heterocycles. The molecule has 1 aromatic rings. The Kier molecular flexibility index (Phi) is 4.13. The summed E-state index contributed by atoms with van der Waals surface area (Å²) in [6.07, 6.45) is -0.0868. The number of nitrogens with zero attached hydrogens (tertiary/aromatic N) is 1. The van der Waals surface area contributed by atoms with E-state index < -0.39 is 6.09 Å². The van der Waals surface area contributed by atoms with Crippen LogP contribution in [0.1, 0.15) is 6.42 Å². The molecule has 1 aliphatic rings. The Balaban J connectivity index is 2.04. The van der Waals surface area contributed by atoms with E-state index in [9.17, 15) is 4.79 Å². The van der Waals surface area contributed by atoms with Gasteiger partial charge in [-0.25, -0.2) is 4.79 Å². The zero-order valence-corrected chi connectivity index (χ0v) is 12.7. The standard InChI is InChI=1S/C11H12BrIN2O2/c12-9-5-8(1-2-10(9)13)15-4-3-7(6-15)14-11(16)17/h1-2,5,7,14H,3-4,6H2,(H,16,17)/t7-/m0/s1. The number of carboxylic acid groups (broad SMARTS) is 1. The predicted octanol–water partition coefficient (Wildman–Crippen LogP) is 2.90. The second-order valence-electron chi connectivity index (χ2n) is 3.98. The molecule has 4 nitrogen and oxygen atoms in total. The van der Waals surface area contributed by atoms with Crippen LogP contribution in [0.4, 0.5) is 10.5 Å². The van der Waals surface area contributed by atoms with E-state index in [0.29, 0.717) is 0 Å². The van der Waals surface area contributed by atoms with Crippen molar-refractivity contribution in [3.8, 4) is 0 Å². The van der Waals surface area contributed by atoms with Crippen LogP contribution in [-0.2, 0) is 0 Å². The molecule has 1 aliphatic heterocycles. The van der Waals surface area contributed by atoms with E-state index in [4.69, 9.17) is 5.11 Å². The zero-order valence-electron chi connectivity index (χ0n) is 8.99. The summed E-state index contributed by atoms with van der Waals surface area (Å²) in [6.45, 7) is 1.62. The molecule has 0 spiro atoms. The quantitative estimate of drug-likeness (QED) is 0.737. The summed E-state index contributed by atoms with van der Waals surface area (Å²) in [7, 11) is 0. The minimum absolute atomic E-state index is 0.0329. The monoisotopic (exact) mass is 410 g/mol. The van der Waals surface area contributed by atoms with Crippen molar-refractivity contribution in [2.75, 3.05) is 18.0 Å². The lowest BCUT2D eigenvalue weighted by Gasteiger charge is -2.19. The minimum atomic E-state index is -0.944. The van der Waals surface area contributed by atoms with E-state index in [2.05, 4.69) is 66.9 Å². The van der Waals surface area contributed by atoms with E-state index >= 15 is 0 Å². The van der Waals surface area contributed by atoms with E-state index in [1.165, 1.54) is 3.57 Å². The molecule has 92 valence electrons. The van der Waals surface area contributed by atoms with Crippen molar-refractivity contribution >= 4 is 50.3 Å². The Morgan fingerprint density at radius 3 is 3.00 bits per heavy atom. The van der Waals surface area contributed by atoms with Gasteiger partial charge in [0, 0.05) is 26.8 Å². The second-order valence-corrected chi connectivity index (χ2v) is 6.00. The molecule has 1 amide bonds. The Morgan fingerprint density at radius 2 is 2.35 bits per heavy atom. The van der Waals surface area contributed by atoms with Crippen LogP contribution in [0.15, 0.2) is 22.7 Å². The molecule has 2 N–H and O–H groups in total. The molecule has 2 rings (SSSR count). The van der Waals surface area contributed by atoms with Gasteiger partial charge in [0.15, 0.2) is 0 Å². The highest BCUT2D eigenvalue weighted by molar-refractivity contribution is 14.1. The molecule has 0 unspecified atom stereocenters. The molecule has 17 heavy (non-hydrogen) atoms. The van der Waals surface area contributed by atoms with Crippen molar-refractivity contribution in [1.29, 1.82) is 0 Å². The fourth-order valence-corrected chi connectivity index (χ4v) is 2.67. The van der Waals surface area contributed by atoms with Crippen molar-refractivity contribution in [3.63, 3.8) is 0 Å². The lowest BCUT2D eigenvalue weighted by Crippen LogP contribution is -2.36. The predicted molar refractivity (Wildman–Crippen MR) is 78.6 cm³/mol. The van der Waals surface area contributed by atoms with Crippen LogP contribution < -0.4 is 10.2 Å². The van der Waals surface area contributed by atoms with Gasteiger partial charge in [-0.2, -0.15) is 0 Å². The van der Waals surface area contributed by atoms with Crippen molar-refractivity contribution in [3.05, 3.63) is 26.2 Å². The zero-order chi connectivity index (χ0) is 12.4. The molecular weight excluding hydrogens is 399 g/mol. The van der Waals surface area contributed by atoms with E-state index in [0.717, 1.165) is 29.7 Å². The molecule has 1 saturated heterocycles. The molecule has 0 radical (unpaired) electrons. The van der Waals surface area contributed by atoms with Gasteiger partial charge in [-0.15, -0.1) is 0 Å². The van der Waals surface area contributed by atoms with Gasteiger partial charge in [0.1, 0.15) is 0 Å². The molecule has 1 atom stereocenters. The van der Waals surface area contributed by atoms with Gasteiger partial charge in [0.05, 0.1) is 6.04 Å². The number of rotatable bonds is 2. The molecule has 6 heteroatoms. The number of amides is 1. The van der Waals surface area contributed by atoms with Crippen LogP contribution in [0.25, 0.3) is 0 Å². The van der Waals surface area contributed by atoms with Gasteiger partial charge in [0.2, 0.25) is 0 Å². The number of hydrogen-bond acceptors (Lipinski definition) is 2. The largest absolute Gasteiger partial charge is 0.465 e. The van der Waals surface area contributed by atoms with Gasteiger partial charge >= 0.3 is 6.09 Å². The summed E-state index contributed by atoms with van der Waals surface area (Å²) in [5, 5.41) is 11.2. The number of benzene rings is 1. The summed E-state index contributed by atoms with van der Waals surface area (Å²) in [4.78, 5) is 12.8. The van der Waals surface area contributed by atoms with Crippen LogP contribution in [0.5, 0.6) is 0 Å². The van der Waals surface area contributed by atoms with Gasteiger partial charge in [-0.1, -0.05) is 0 Å². The van der Waals surface area contributed by atoms with Gasteiger partial charge in [0.25, 0.3) is 0 Å². The van der Waals surface area contributed by atoms with Crippen molar-refractivity contribution < 1.29 is 9.90 Å². The molecule has 0 saturated carbocycles. The number of halogens is 2. The Bertz CT molecular complexity index is 441. The van der Waals surface area contributed by atoms with Crippen LogP contribution >= 0.6 is 38.5 Å². The lowest BCUT2D eigenvalue weighted by molar-refractivity contribution is 0.191. The first kappa shape index (κ1) is 12.9. The minimum Gasteiger partial charge on any atom is -0.465 e. The third-order valence-corrected chi connectivity index (χ3v) is 5.12. The first-order valence-corrected chi connectivity index (χ1v) is 7.13. The van der Waals surface area contributed by atoms with E-state index in [1.54, 1.807) is 0 Å².